The Hall–Kier alpha value is -1.02. The number of rotatable bonds is 9. The van der Waals surface area contributed by atoms with Gasteiger partial charge in [0.25, 0.3) is 0 Å². The number of hydrogen-bond acceptors (Lipinski definition) is 1. The molecule has 0 aliphatic rings. The Morgan fingerprint density at radius 2 is 1.83 bits per heavy atom. The molecular weight excluding hydrogens is 222 g/mol. The molecule has 1 N–H and O–H groups in total. The fraction of sp³-hybridized carbons (Fsp3) is 0.625. The lowest BCUT2D eigenvalue weighted by atomic mass is 10.2. The number of benzene rings is 1. The average molecular weight is 250 g/mol. The van der Waals surface area contributed by atoms with Crippen molar-refractivity contribution in [3.05, 3.63) is 29.8 Å². The Kier molecular flexibility index (Phi) is 7.51. The number of ether oxygens (including phenoxy) is 1. The fourth-order valence-corrected chi connectivity index (χ4v) is 2.13. The van der Waals surface area contributed by atoms with E-state index in [-0.39, 0.29) is 0 Å². The quantitative estimate of drug-likeness (QED) is 0.664. The minimum atomic E-state index is 0.841. The van der Waals surface area contributed by atoms with Crippen LogP contribution < -0.4 is 9.64 Å². The summed E-state index contributed by atoms with van der Waals surface area (Å²) in [6.07, 6.45) is 3.48. The summed E-state index contributed by atoms with van der Waals surface area (Å²) in [5.74, 6) is 1.02. The van der Waals surface area contributed by atoms with E-state index >= 15 is 0 Å². The maximum absolute atomic E-state index is 5.79. The van der Waals surface area contributed by atoms with Crippen molar-refractivity contribution in [2.75, 3.05) is 26.2 Å². The van der Waals surface area contributed by atoms with E-state index in [2.05, 4.69) is 45.0 Å². The number of hydrogen-bond donors (Lipinski definition) is 1. The van der Waals surface area contributed by atoms with Crippen molar-refractivity contribution >= 4 is 0 Å². The molecule has 0 aliphatic carbocycles. The predicted octanol–water partition coefficient (Wildman–Crippen LogP) is 2.33. The second-order valence-electron chi connectivity index (χ2n) is 4.76. The number of nitrogens with one attached hydrogen (secondary N) is 1. The van der Waals surface area contributed by atoms with Gasteiger partial charge in [0.1, 0.15) is 5.75 Å². The third-order valence-corrected chi connectivity index (χ3v) is 3.50. The predicted molar refractivity (Wildman–Crippen MR) is 77.5 cm³/mol. The van der Waals surface area contributed by atoms with Crippen molar-refractivity contribution in [3.63, 3.8) is 0 Å². The standard InChI is InChI=1S/C16H27NO/c1-4-15-10-9-11-16(14-15)18-13-8-7-12-17(5-2)6-3/h9-11,14H,4-8,12-13H2,1-3H3/p+1. The van der Waals surface area contributed by atoms with Crippen molar-refractivity contribution in [3.8, 4) is 5.75 Å². The summed E-state index contributed by atoms with van der Waals surface area (Å²) in [6, 6.07) is 8.43. The van der Waals surface area contributed by atoms with E-state index in [1.165, 1.54) is 31.6 Å². The van der Waals surface area contributed by atoms with E-state index in [0.717, 1.165) is 25.2 Å². The summed E-state index contributed by atoms with van der Waals surface area (Å²) in [5.41, 5.74) is 1.35. The van der Waals surface area contributed by atoms with Crippen LogP contribution in [-0.2, 0) is 6.42 Å². The molecule has 0 heterocycles. The van der Waals surface area contributed by atoms with Crippen LogP contribution >= 0.6 is 0 Å². The van der Waals surface area contributed by atoms with E-state index in [0.29, 0.717) is 0 Å². The first-order valence-corrected chi connectivity index (χ1v) is 7.35. The van der Waals surface area contributed by atoms with Crippen molar-refractivity contribution in [1.82, 2.24) is 0 Å². The van der Waals surface area contributed by atoms with Crippen LogP contribution in [0.5, 0.6) is 5.75 Å². The lowest BCUT2D eigenvalue weighted by Gasteiger charge is -2.15. The zero-order valence-corrected chi connectivity index (χ0v) is 12.2. The Labute approximate surface area is 112 Å². The van der Waals surface area contributed by atoms with Gasteiger partial charge in [-0.1, -0.05) is 19.1 Å². The smallest absolute Gasteiger partial charge is 0.119 e. The van der Waals surface area contributed by atoms with Crippen LogP contribution in [0.25, 0.3) is 0 Å². The summed E-state index contributed by atoms with van der Waals surface area (Å²) in [6.45, 7) is 11.3. The number of aryl methyl sites for hydroxylation is 1. The van der Waals surface area contributed by atoms with Crippen molar-refractivity contribution in [1.29, 1.82) is 0 Å². The Morgan fingerprint density at radius 3 is 2.50 bits per heavy atom. The van der Waals surface area contributed by atoms with Crippen molar-refractivity contribution in [2.24, 2.45) is 0 Å². The molecule has 0 amide bonds. The van der Waals surface area contributed by atoms with Gasteiger partial charge in [0.15, 0.2) is 0 Å². The zero-order valence-electron chi connectivity index (χ0n) is 12.2. The van der Waals surface area contributed by atoms with E-state index in [4.69, 9.17) is 4.74 Å². The van der Waals surface area contributed by atoms with Crippen LogP contribution in [-0.4, -0.2) is 26.2 Å². The van der Waals surface area contributed by atoms with Gasteiger partial charge in [0.05, 0.1) is 26.2 Å². The highest BCUT2D eigenvalue weighted by Crippen LogP contribution is 2.13. The van der Waals surface area contributed by atoms with Gasteiger partial charge < -0.3 is 9.64 Å². The molecule has 1 aromatic rings. The minimum Gasteiger partial charge on any atom is -0.494 e. The highest BCUT2D eigenvalue weighted by Gasteiger charge is 2.01. The van der Waals surface area contributed by atoms with E-state index < -0.39 is 0 Å². The summed E-state index contributed by atoms with van der Waals surface area (Å²) in [4.78, 5) is 1.68. The summed E-state index contributed by atoms with van der Waals surface area (Å²) < 4.78 is 5.79. The molecule has 0 saturated carbocycles. The normalized spacial score (nSPS) is 10.9. The topological polar surface area (TPSA) is 13.7 Å². The molecule has 0 unspecified atom stereocenters. The minimum absolute atomic E-state index is 0.841. The molecule has 0 atom stereocenters. The Bertz CT molecular complexity index is 321. The number of unbranched alkanes of at least 4 members (excludes halogenated alkanes) is 1. The molecule has 1 rings (SSSR count). The Morgan fingerprint density at radius 1 is 1.06 bits per heavy atom. The van der Waals surface area contributed by atoms with Crippen LogP contribution in [0, 0.1) is 0 Å². The molecule has 18 heavy (non-hydrogen) atoms. The molecule has 1 aromatic carbocycles. The summed E-state index contributed by atoms with van der Waals surface area (Å²) in [5, 5.41) is 0. The largest absolute Gasteiger partial charge is 0.494 e. The van der Waals surface area contributed by atoms with Crippen LogP contribution in [0.3, 0.4) is 0 Å². The molecule has 102 valence electrons. The molecule has 0 aromatic heterocycles. The van der Waals surface area contributed by atoms with E-state index in [1.807, 2.05) is 0 Å². The molecule has 0 bridgehead atoms. The number of quaternary nitrogens is 1. The molecule has 0 spiro atoms. The third kappa shape index (κ3) is 5.54. The van der Waals surface area contributed by atoms with Crippen LogP contribution in [0.4, 0.5) is 0 Å². The highest BCUT2D eigenvalue weighted by molar-refractivity contribution is 5.28. The van der Waals surface area contributed by atoms with Crippen molar-refractivity contribution in [2.45, 2.75) is 40.0 Å². The van der Waals surface area contributed by atoms with Gasteiger partial charge in [-0.05, 0) is 50.8 Å². The molecule has 0 radical (unpaired) electrons. The Balaban J connectivity index is 2.17. The maximum Gasteiger partial charge on any atom is 0.119 e. The van der Waals surface area contributed by atoms with Gasteiger partial charge in [0, 0.05) is 0 Å². The van der Waals surface area contributed by atoms with Crippen LogP contribution in [0.2, 0.25) is 0 Å². The summed E-state index contributed by atoms with van der Waals surface area (Å²) >= 11 is 0. The first kappa shape index (κ1) is 15.0. The first-order chi connectivity index (χ1) is 8.80. The molecule has 2 nitrogen and oxygen atoms in total. The lowest BCUT2D eigenvalue weighted by molar-refractivity contribution is -0.896. The molecule has 0 saturated heterocycles. The third-order valence-electron chi connectivity index (χ3n) is 3.50. The molecular formula is C16H28NO+. The van der Waals surface area contributed by atoms with Gasteiger partial charge in [-0.2, -0.15) is 0 Å². The van der Waals surface area contributed by atoms with Crippen molar-refractivity contribution < 1.29 is 9.64 Å². The van der Waals surface area contributed by atoms with E-state index in [9.17, 15) is 0 Å². The summed E-state index contributed by atoms with van der Waals surface area (Å²) in [7, 11) is 0. The highest BCUT2D eigenvalue weighted by atomic mass is 16.5. The van der Waals surface area contributed by atoms with Gasteiger partial charge in [-0.15, -0.1) is 0 Å². The first-order valence-electron chi connectivity index (χ1n) is 7.35. The maximum atomic E-state index is 5.79. The van der Waals surface area contributed by atoms with Crippen LogP contribution in [0.1, 0.15) is 39.2 Å². The molecule has 0 aliphatic heterocycles. The second-order valence-corrected chi connectivity index (χ2v) is 4.76. The zero-order chi connectivity index (χ0) is 13.2. The van der Waals surface area contributed by atoms with Gasteiger partial charge in [-0.25, -0.2) is 0 Å². The van der Waals surface area contributed by atoms with Gasteiger partial charge in [-0.3, -0.25) is 0 Å². The lowest BCUT2D eigenvalue weighted by Crippen LogP contribution is -3.11. The fourth-order valence-electron chi connectivity index (χ4n) is 2.13. The van der Waals surface area contributed by atoms with Gasteiger partial charge >= 0.3 is 0 Å². The average Bonchev–Trinajstić information content (AvgIpc) is 2.43. The monoisotopic (exact) mass is 250 g/mol. The SMILES string of the molecule is CCc1cccc(OCCCC[NH+](CC)CC)c1. The second kappa shape index (κ2) is 8.98. The van der Waals surface area contributed by atoms with E-state index in [1.54, 1.807) is 4.90 Å². The molecule has 0 fully saturated rings. The molecule has 2 heteroatoms. The van der Waals surface area contributed by atoms with Crippen LogP contribution in [0.15, 0.2) is 24.3 Å². The van der Waals surface area contributed by atoms with Gasteiger partial charge in [0.2, 0.25) is 0 Å².